The molecule has 0 bridgehead atoms. The van der Waals surface area contributed by atoms with Crippen LogP contribution in [0.5, 0.6) is 5.88 Å². The molecule has 1 fully saturated rings. The molecule has 1 saturated carbocycles. The summed E-state index contributed by atoms with van der Waals surface area (Å²) in [4.78, 5) is 24.8. The molecule has 0 aromatic carbocycles. The van der Waals surface area contributed by atoms with Gasteiger partial charge in [-0.1, -0.05) is 0 Å². The van der Waals surface area contributed by atoms with Gasteiger partial charge in [0.15, 0.2) is 16.2 Å². The van der Waals surface area contributed by atoms with E-state index in [-0.39, 0.29) is 28.2 Å². The summed E-state index contributed by atoms with van der Waals surface area (Å²) in [5, 5.41) is 24.1. The van der Waals surface area contributed by atoms with Crippen LogP contribution in [0.3, 0.4) is 0 Å². The van der Waals surface area contributed by atoms with Crippen molar-refractivity contribution >= 4 is 22.5 Å². The first kappa shape index (κ1) is 16.2. The van der Waals surface area contributed by atoms with Crippen molar-refractivity contribution in [2.75, 3.05) is 6.26 Å². The first-order valence-electron chi connectivity index (χ1n) is 7.70. The Bertz CT molecular complexity index is 1270. The summed E-state index contributed by atoms with van der Waals surface area (Å²) in [6.45, 7) is 0. The summed E-state index contributed by atoms with van der Waals surface area (Å²) in [5.74, 6) is -0.315. The third-order valence-corrected chi connectivity index (χ3v) is 4.73. The number of nitrogens with one attached hydrogen (secondary N) is 2. The van der Waals surface area contributed by atoms with E-state index >= 15 is 0 Å². The lowest BCUT2D eigenvalue weighted by Crippen LogP contribution is -2.25. The molecule has 0 amide bonds. The van der Waals surface area contributed by atoms with Crippen LogP contribution in [0.4, 0.5) is 0 Å². The minimum absolute atomic E-state index is 0.118. The highest BCUT2D eigenvalue weighted by Crippen LogP contribution is 2.22. The number of aromatic nitrogens is 5. The Hall–Kier alpha value is -3.26. The van der Waals surface area contributed by atoms with Crippen molar-refractivity contribution in [3.05, 3.63) is 38.6 Å². The molecule has 3 N–H and O–H groups in total. The van der Waals surface area contributed by atoms with Crippen molar-refractivity contribution in [3.63, 3.8) is 0 Å². The molecule has 3 aromatic heterocycles. The largest absolute Gasteiger partial charge is 0.493 e. The van der Waals surface area contributed by atoms with Crippen molar-refractivity contribution in [3.8, 4) is 11.9 Å². The maximum atomic E-state index is 12.1. The van der Waals surface area contributed by atoms with Gasteiger partial charge in [-0.2, -0.15) is 14.9 Å². The second kappa shape index (κ2) is 5.92. The molecule has 26 heavy (non-hydrogen) atoms. The van der Waals surface area contributed by atoms with E-state index in [0.717, 1.165) is 12.8 Å². The highest BCUT2D eigenvalue weighted by Gasteiger charge is 2.23. The van der Waals surface area contributed by atoms with Crippen LogP contribution in [0.15, 0.2) is 21.0 Å². The molecule has 1 aliphatic carbocycles. The van der Waals surface area contributed by atoms with Crippen LogP contribution in [-0.2, 0) is 10.8 Å². The fraction of sp³-hybridized carbons (Fsp3) is 0.267. The van der Waals surface area contributed by atoms with Crippen LogP contribution >= 0.6 is 0 Å². The minimum Gasteiger partial charge on any atom is -0.493 e. The van der Waals surface area contributed by atoms with Crippen molar-refractivity contribution in [1.29, 1.82) is 5.26 Å². The zero-order valence-electron chi connectivity index (χ0n) is 13.6. The van der Waals surface area contributed by atoms with Crippen molar-refractivity contribution in [1.82, 2.24) is 24.6 Å². The van der Waals surface area contributed by atoms with Gasteiger partial charge in [0.1, 0.15) is 17.3 Å². The monoisotopic (exact) mass is 371 g/mol. The van der Waals surface area contributed by atoms with Gasteiger partial charge < -0.3 is 10.1 Å². The Morgan fingerprint density at radius 1 is 1.50 bits per heavy atom. The first-order valence-corrected chi connectivity index (χ1v) is 9.26. The van der Waals surface area contributed by atoms with E-state index in [1.807, 2.05) is 6.07 Å². The zero-order valence-corrected chi connectivity index (χ0v) is 14.4. The normalized spacial score (nSPS) is 16.9. The summed E-state index contributed by atoms with van der Waals surface area (Å²) >= 11 is 0. The van der Waals surface area contributed by atoms with Crippen LogP contribution in [0.25, 0.3) is 11.7 Å². The van der Waals surface area contributed by atoms with Crippen LogP contribution < -0.4 is 16.4 Å². The molecule has 3 aromatic rings. The number of H-pyrrole nitrogens is 2. The lowest BCUT2D eigenvalue weighted by atomic mass is 10.3. The van der Waals surface area contributed by atoms with E-state index in [0.29, 0.717) is 16.4 Å². The fourth-order valence-electron chi connectivity index (χ4n) is 2.53. The molecular formula is C15H13N7O3S. The summed E-state index contributed by atoms with van der Waals surface area (Å²) in [6, 6.07) is 2.15. The van der Waals surface area contributed by atoms with Crippen molar-refractivity contribution in [2.45, 2.75) is 23.9 Å². The number of nitriles is 1. The predicted octanol–water partition coefficient (Wildman–Crippen LogP) is -1.33. The quantitative estimate of drug-likeness (QED) is 0.485. The molecule has 4 rings (SSSR count). The smallest absolute Gasteiger partial charge is 0.326 e. The molecule has 1 atom stereocenters. The van der Waals surface area contributed by atoms with Gasteiger partial charge in [0.2, 0.25) is 5.88 Å². The summed E-state index contributed by atoms with van der Waals surface area (Å²) in [5.41, 5.74) is 0.394. The van der Waals surface area contributed by atoms with Gasteiger partial charge in [-0.15, -0.1) is 0 Å². The van der Waals surface area contributed by atoms with Crippen LogP contribution in [-0.4, -0.2) is 46.2 Å². The Morgan fingerprint density at radius 3 is 2.85 bits per heavy atom. The maximum Gasteiger partial charge on any atom is 0.326 e. The molecule has 11 heteroatoms. The lowest BCUT2D eigenvalue weighted by Gasteiger charge is -2.03. The minimum atomic E-state index is -1.50. The molecule has 0 radical (unpaired) electrons. The van der Waals surface area contributed by atoms with Gasteiger partial charge in [-0.05, 0) is 18.9 Å². The van der Waals surface area contributed by atoms with E-state index in [2.05, 4.69) is 25.0 Å². The molecule has 132 valence electrons. The van der Waals surface area contributed by atoms with Gasteiger partial charge in [0, 0.05) is 11.5 Å². The van der Waals surface area contributed by atoms with Gasteiger partial charge in [0.05, 0.1) is 23.0 Å². The van der Waals surface area contributed by atoms with Gasteiger partial charge in [0.25, 0.3) is 0 Å². The maximum absolute atomic E-state index is 12.1. The SMILES string of the molecule is CS(=O)c1nc2c(=Cc3[nH]c(=O)[nH]c3O)cnn2c(=NC2CC2)c1C#N. The van der Waals surface area contributed by atoms with Gasteiger partial charge >= 0.3 is 5.69 Å². The molecule has 1 aliphatic rings. The highest BCUT2D eigenvalue weighted by molar-refractivity contribution is 7.84. The Labute approximate surface area is 148 Å². The number of nitrogens with zero attached hydrogens (tertiary/aromatic N) is 5. The molecule has 0 spiro atoms. The number of fused-ring (bicyclic) bond motifs is 1. The van der Waals surface area contributed by atoms with E-state index in [4.69, 9.17) is 0 Å². The number of aromatic amines is 2. The Balaban J connectivity index is 2.09. The molecule has 10 nitrogen and oxygen atoms in total. The van der Waals surface area contributed by atoms with Crippen LogP contribution in [0.1, 0.15) is 24.1 Å². The van der Waals surface area contributed by atoms with E-state index in [1.54, 1.807) is 0 Å². The van der Waals surface area contributed by atoms with Crippen molar-refractivity contribution < 1.29 is 9.32 Å². The Morgan fingerprint density at radius 2 is 2.27 bits per heavy atom. The summed E-state index contributed by atoms with van der Waals surface area (Å²) in [6.07, 6.45) is 6.26. The van der Waals surface area contributed by atoms with E-state index in [1.165, 1.54) is 23.0 Å². The van der Waals surface area contributed by atoms with Crippen LogP contribution in [0.2, 0.25) is 0 Å². The average Bonchev–Trinajstić information content (AvgIpc) is 3.24. The lowest BCUT2D eigenvalue weighted by molar-refractivity contribution is 0.454. The molecule has 3 heterocycles. The molecule has 0 aliphatic heterocycles. The van der Waals surface area contributed by atoms with Gasteiger partial charge in [-0.25, -0.2) is 9.78 Å². The van der Waals surface area contributed by atoms with Crippen molar-refractivity contribution in [2.24, 2.45) is 4.99 Å². The second-order valence-corrected chi connectivity index (χ2v) is 7.16. The predicted molar refractivity (Wildman–Crippen MR) is 90.5 cm³/mol. The summed E-state index contributed by atoms with van der Waals surface area (Å²) in [7, 11) is -1.50. The van der Waals surface area contributed by atoms with Gasteiger partial charge in [-0.3, -0.25) is 14.2 Å². The fourth-order valence-corrected chi connectivity index (χ4v) is 3.17. The zero-order chi connectivity index (χ0) is 18.4. The number of imidazole rings is 1. The average molecular weight is 371 g/mol. The van der Waals surface area contributed by atoms with Crippen LogP contribution in [0, 0.1) is 11.3 Å². The molecule has 0 saturated heterocycles. The first-order chi connectivity index (χ1) is 12.5. The number of hydrogen-bond acceptors (Lipinski definition) is 7. The van der Waals surface area contributed by atoms with E-state index in [9.17, 15) is 19.4 Å². The highest BCUT2D eigenvalue weighted by atomic mass is 32.2. The second-order valence-electron chi connectivity index (χ2n) is 5.86. The van der Waals surface area contributed by atoms with E-state index < -0.39 is 16.5 Å². The Kier molecular flexibility index (Phi) is 3.69. The third-order valence-electron chi connectivity index (χ3n) is 3.89. The molecule has 1 unspecified atom stereocenters. The molecular weight excluding hydrogens is 358 g/mol. The third kappa shape index (κ3) is 2.70. The number of rotatable bonds is 3. The summed E-state index contributed by atoms with van der Waals surface area (Å²) < 4.78 is 13.5. The number of hydrogen-bond donors (Lipinski definition) is 3. The number of aromatic hydroxyl groups is 1. The topological polar surface area (TPSA) is 152 Å². The standard InChI is InChI=1S/C15H13N7O3S/c1-26(25)14-9(5-16)12(18-8-2-3-8)22-11(20-14)7(6-17-22)4-10-13(23)21-15(24)19-10/h4,6,8,23H,2-3H2,1H3,(H2,19,21,24).